The number of nitrogens with zero attached hydrogens (tertiary/aromatic N) is 2. The van der Waals surface area contributed by atoms with Gasteiger partial charge in [0.05, 0.1) is 17.9 Å². The van der Waals surface area contributed by atoms with Crippen LogP contribution < -0.4 is 9.93 Å². The fraction of sp³-hybridized carbons (Fsp3) is 0.259. The summed E-state index contributed by atoms with van der Waals surface area (Å²) in [7, 11) is 0. The molecule has 1 saturated heterocycles. The van der Waals surface area contributed by atoms with Crippen molar-refractivity contribution >= 4 is 39.5 Å². The number of carbonyl (C=O) groups is 3. The van der Waals surface area contributed by atoms with Crippen molar-refractivity contribution in [3.8, 4) is 11.3 Å². The van der Waals surface area contributed by atoms with Crippen molar-refractivity contribution in [2.45, 2.75) is 33.1 Å². The topological polar surface area (TPSA) is 79.8 Å². The summed E-state index contributed by atoms with van der Waals surface area (Å²) in [4.78, 5) is 40.7. The Hall–Kier alpha value is -4.00. The summed E-state index contributed by atoms with van der Waals surface area (Å²) in [5.41, 5.74) is 2.34. The Labute approximate surface area is 196 Å². The third-order valence-corrected chi connectivity index (χ3v) is 6.28. The Morgan fingerprint density at radius 2 is 1.68 bits per heavy atom. The zero-order valence-electron chi connectivity index (χ0n) is 19.2. The van der Waals surface area contributed by atoms with Gasteiger partial charge in [-0.25, -0.2) is 9.37 Å². The van der Waals surface area contributed by atoms with Crippen molar-refractivity contribution in [2.24, 2.45) is 0 Å². The first-order valence-electron chi connectivity index (χ1n) is 11.5. The Balaban J connectivity index is 1.56. The lowest BCUT2D eigenvalue weighted by molar-refractivity contribution is -0.197. The number of imide groups is 1. The van der Waals surface area contributed by atoms with E-state index in [0.717, 1.165) is 40.5 Å². The molecule has 7 heteroatoms. The van der Waals surface area contributed by atoms with Crippen LogP contribution >= 0.6 is 0 Å². The van der Waals surface area contributed by atoms with Gasteiger partial charge in [0.15, 0.2) is 0 Å². The number of hydroxylamine groups is 2. The summed E-state index contributed by atoms with van der Waals surface area (Å²) in [6, 6.07) is 18.0. The number of benzene rings is 3. The molecular formula is C27H25N2O5+. The van der Waals surface area contributed by atoms with E-state index < -0.39 is 17.8 Å². The van der Waals surface area contributed by atoms with Crippen LogP contribution in [0.2, 0.25) is 0 Å². The van der Waals surface area contributed by atoms with Crippen LogP contribution in [0, 0.1) is 0 Å². The monoisotopic (exact) mass is 457 g/mol. The molecule has 0 radical (unpaired) electrons. The van der Waals surface area contributed by atoms with Crippen molar-refractivity contribution in [1.29, 1.82) is 0 Å². The Bertz CT molecular complexity index is 1480. The second-order valence-electron chi connectivity index (χ2n) is 8.37. The molecule has 0 unspecified atom stereocenters. The maximum absolute atomic E-state index is 12.3. The van der Waals surface area contributed by atoms with Crippen LogP contribution in [-0.2, 0) is 25.6 Å². The summed E-state index contributed by atoms with van der Waals surface area (Å²) in [6.45, 7) is 6.03. The van der Waals surface area contributed by atoms with E-state index in [1.165, 1.54) is 5.39 Å². The summed E-state index contributed by atoms with van der Waals surface area (Å²) < 4.78 is 8.63. The highest BCUT2D eigenvalue weighted by Gasteiger charge is 2.32. The quantitative estimate of drug-likeness (QED) is 0.198. The van der Waals surface area contributed by atoms with Crippen LogP contribution in [-0.4, -0.2) is 35.9 Å². The molecule has 0 spiro atoms. The summed E-state index contributed by atoms with van der Waals surface area (Å²) in [6.07, 6.45) is 0.0549. The van der Waals surface area contributed by atoms with Gasteiger partial charge >= 0.3 is 5.97 Å². The standard InChI is InChI=1S/C27H25N2O5/c1-3-28(4-2)22-16-24-21(19-7-5-6-8-20(19)22)15-18-10-9-17(13-23(18)33-24)14-27(32)34-29-25(30)11-12-26(29)31/h5-10,13,15-16H,3-4,11-12,14H2,1-2H3/q+1. The molecule has 0 N–H and O–H groups in total. The second-order valence-corrected chi connectivity index (χ2v) is 8.37. The second kappa shape index (κ2) is 8.74. The number of hydrogen-bond acceptors (Lipinski definition) is 5. The molecule has 0 saturated carbocycles. The van der Waals surface area contributed by atoms with Crippen LogP contribution in [0.25, 0.3) is 33.1 Å². The maximum atomic E-state index is 12.3. The summed E-state index contributed by atoms with van der Waals surface area (Å²) in [5.74, 6) is -0.885. The largest absolute Gasteiger partial charge is 0.456 e. The number of carbonyl (C=O) groups excluding carboxylic acids is 3. The first kappa shape index (κ1) is 21.8. The predicted octanol–water partition coefficient (Wildman–Crippen LogP) is 3.65. The van der Waals surface area contributed by atoms with E-state index in [9.17, 15) is 14.4 Å². The van der Waals surface area contributed by atoms with E-state index in [2.05, 4.69) is 42.7 Å². The average Bonchev–Trinajstić information content (AvgIpc) is 3.15. The molecule has 172 valence electrons. The smallest absolute Gasteiger partial charge is 0.337 e. The van der Waals surface area contributed by atoms with E-state index in [1.54, 1.807) is 6.07 Å². The zero-order valence-corrected chi connectivity index (χ0v) is 19.2. The Morgan fingerprint density at radius 3 is 2.38 bits per heavy atom. The molecule has 2 amide bonds. The minimum absolute atomic E-state index is 0.0677. The third kappa shape index (κ3) is 3.83. The molecule has 2 heterocycles. The highest BCUT2D eigenvalue weighted by molar-refractivity contribution is 6.02. The van der Waals surface area contributed by atoms with Crippen molar-refractivity contribution < 1.29 is 23.6 Å². The lowest BCUT2D eigenvalue weighted by Gasteiger charge is -2.13. The van der Waals surface area contributed by atoms with Crippen LogP contribution in [0.3, 0.4) is 0 Å². The van der Waals surface area contributed by atoms with E-state index in [4.69, 9.17) is 9.25 Å². The van der Waals surface area contributed by atoms with Gasteiger partial charge in [0.25, 0.3) is 11.8 Å². The normalized spacial score (nSPS) is 13.9. The minimum atomic E-state index is -0.668. The van der Waals surface area contributed by atoms with E-state index in [0.29, 0.717) is 16.2 Å². The van der Waals surface area contributed by atoms with Crippen molar-refractivity contribution in [1.82, 2.24) is 9.64 Å². The van der Waals surface area contributed by atoms with E-state index >= 15 is 0 Å². The first-order chi connectivity index (χ1) is 16.5. The van der Waals surface area contributed by atoms with Crippen LogP contribution in [0.5, 0.6) is 0 Å². The van der Waals surface area contributed by atoms with Crippen molar-refractivity contribution in [3.05, 3.63) is 65.5 Å². The molecule has 3 aliphatic rings. The van der Waals surface area contributed by atoms with Gasteiger partial charge in [-0.1, -0.05) is 30.3 Å². The molecule has 0 atom stereocenters. The van der Waals surface area contributed by atoms with Crippen molar-refractivity contribution in [2.75, 3.05) is 13.1 Å². The molecule has 2 aliphatic heterocycles. The van der Waals surface area contributed by atoms with Crippen LogP contribution in [0.4, 0.5) is 0 Å². The fourth-order valence-corrected chi connectivity index (χ4v) is 4.54. The Morgan fingerprint density at radius 1 is 0.971 bits per heavy atom. The summed E-state index contributed by atoms with van der Waals surface area (Å²) in [5, 5.41) is 4.91. The lowest BCUT2D eigenvalue weighted by atomic mass is 9.98. The number of fused-ring (bicyclic) bond motifs is 4. The van der Waals surface area contributed by atoms with Gasteiger partial charge in [-0.05, 0) is 43.0 Å². The molecule has 1 aliphatic carbocycles. The zero-order chi connectivity index (χ0) is 23.8. The van der Waals surface area contributed by atoms with Gasteiger partial charge in [0.1, 0.15) is 24.4 Å². The fourth-order valence-electron chi connectivity index (χ4n) is 4.54. The SMILES string of the molecule is CC[N+](CC)=c1cc2oc3cc(CC(=O)ON4C(=O)CCC4=O)ccc3cc-2c2ccccc12. The molecule has 34 heavy (non-hydrogen) atoms. The molecule has 2 aromatic rings. The van der Waals surface area contributed by atoms with Crippen LogP contribution in [0.1, 0.15) is 32.3 Å². The van der Waals surface area contributed by atoms with E-state index in [-0.39, 0.29) is 19.3 Å². The summed E-state index contributed by atoms with van der Waals surface area (Å²) >= 11 is 0. The van der Waals surface area contributed by atoms with Gasteiger partial charge in [-0.2, -0.15) is 0 Å². The molecule has 1 fully saturated rings. The minimum Gasteiger partial charge on any atom is -0.456 e. The highest BCUT2D eigenvalue weighted by atomic mass is 16.7. The van der Waals surface area contributed by atoms with E-state index in [1.807, 2.05) is 24.3 Å². The molecule has 0 aromatic heterocycles. The average molecular weight is 458 g/mol. The molecule has 5 rings (SSSR count). The number of rotatable bonds is 5. The Kier molecular flexibility index (Phi) is 5.61. The molecule has 0 bridgehead atoms. The predicted molar refractivity (Wildman–Crippen MR) is 128 cm³/mol. The van der Waals surface area contributed by atoms with Gasteiger partial charge in [-0.3, -0.25) is 9.59 Å². The molecule has 7 nitrogen and oxygen atoms in total. The van der Waals surface area contributed by atoms with Gasteiger partial charge in [0.2, 0.25) is 5.36 Å². The third-order valence-electron chi connectivity index (χ3n) is 6.28. The highest BCUT2D eigenvalue weighted by Crippen LogP contribution is 2.33. The lowest BCUT2D eigenvalue weighted by Crippen LogP contribution is -2.32. The van der Waals surface area contributed by atoms with Gasteiger partial charge in [-0.15, -0.1) is 5.06 Å². The first-order valence-corrected chi connectivity index (χ1v) is 11.5. The van der Waals surface area contributed by atoms with Crippen molar-refractivity contribution in [3.63, 3.8) is 0 Å². The van der Waals surface area contributed by atoms with Crippen LogP contribution in [0.15, 0.2) is 59.0 Å². The molecular weight excluding hydrogens is 432 g/mol. The number of hydrogen-bond donors (Lipinski definition) is 0. The number of amides is 2. The van der Waals surface area contributed by atoms with Gasteiger partial charge < -0.3 is 9.25 Å². The van der Waals surface area contributed by atoms with Gasteiger partial charge in [0, 0.05) is 23.8 Å². The maximum Gasteiger partial charge on any atom is 0.337 e. The molecule has 2 aromatic carbocycles.